The van der Waals surface area contributed by atoms with E-state index < -0.39 is 0 Å². The van der Waals surface area contributed by atoms with Gasteiger partial charge in [-0.2, -0.15) is 0 Å². The Balaban J connectivity index is 1.52. The zero-order valence-corrected chi connectivity index (χ0v) is 17.5. The zero-order valence-electron chi connectivity index (χ0n) is 17.5. The number of nitrogens with zero attached hydrogens (tertiary/aromatic N) is 2. The summed E-state index contributed by atoms with van der Waals surface area (Å²) < 4.78 is 5.41. The first-order valence-electron chi connectivity index (χ1n) is 10.6. The Morgan fingerprint density at radius 1 is 1.22 bits per heavy atom. The number of fused-ring (bicyclic) bond motifs is 1. The average molecular weight is 380 g/mol. The fourth-order valence-electron chi connectivity index (χ4n) is 5.08. The molecule has 2 aliphatic heterocycles. The van der Waals surface area contributed by atoms with Crippen molar-refractivity contribution in [2.75, 3.05) is 45.9 Å². The highest BCUT2D eigenvalue weighted by atomic mass is 16.5. The summed E-state index contributed by atoms with van der Waals surface area (Å²) in [4.78, 5) is 29.4. The Hall–Kier alpha value is -1.14. The van der Waals surface area contributed by atoms with Crippen molar-refractivity contribution in [3.63, 3.8) is 0 Å². The predicted molar refractivity (Wildman–Crippen MR) is 105 cm³/mol. The van der Waals surface area contributed by atoms with Gasteiger partial charge in [0.25, 0.3) is 0 Å². The quantitative estimate of drug-likeness (QED) is 0.764. The lowest BCUT2D eigenvalue weighted by atomic mass is 9.88. The molecular formula is C21H37N3O3. The van der Waals surface area contributed by atoms with Gasteiger partial charge in [0.05, 0.1) is 13.2 Å². The minimum absolute atomic E-state index is 0.00747. The molecule has 3 rings (SSSR count). The molecule has 154 valence electrons. The molecule has 6 heteroatoms. The van der Waals surface area contributed by atoms with Gasteiger partial charge >= 0.3 is 0 Å². The van der Waals surface area contributed by atoms with Crippen LogP contribution >= 0.6 is 0 Å². The number of morpholine rings is 1. The van der Waals surface area contributed by atoms with E-state index in [1.54, 1.807) is 0 Å². The lowest BCUT2D eigenvalue weighted by molar-refractivity contribution is -0.129. The van der Waals surface area contributed by atoms with E-state index in [1.165, 1.54) is 0 Å². The van der Waals surface area contributed by atoms with E-state index in [-0.39, 0.29) is 11.3 Å². The maximum Gasteiger partial charge on any atom is 0.223 e. The molecule has 0 radical (unpaired) electrons. The third-order valence-electron chi connectivity index (χ3n) is 6.51. The van der Waals surface area contributed by atoms with Crippen LogP contribution in [0.15, 0.2) is 0 Å². The third kappa shape index (κ3) is 5.23. The van der Waals surface area contributed by atoms with E-state index in [2.05, 4.69) is 42.8 Å². The number of ether oxygens (including phenoxy) is 1. The number of carbonyl (C=O) groups excluding carboxylic acids is 2. The molecule has 0 bridgehead atoms. The van der Waals surface area contributed by atoms with Gasteiger partial charge in [-0.15, -0.1) is 0 Å². The van der Waals surface area contributed by atoms with Crippen LogP contribution in [0, 0.1) is 23.2 Å². The molecule has 0 aromatic carbocycles. The molecule has 1 saturated carbocycles. The van der Waals surface area contributed by atoms with E-state index in [4.69, 9.17) is 4.74 Å². The Bertz CT molecular complexity index is 539. The zero-order chi connectivity index (χ0) is 19.6. The van der Waals surface area contributed by atoms with Crippen molar-refractivity contribution >= 4 is 11.8 Å². The van der Waals surface area contributed by atoms with Crippen molar-refractivity contribution in [2.45, 2.75) is 53.0 Å². The fourth-order valence-corrected chi connectivity index (χ4v) is 5.08. The van der Waals surface area contributed by atoms with Gasteiger partial charge < -0.3 is 15.0 Å². The van der Waals surface area contributed by atoms with Gasteiger partial charge in [-0.05, 0) is 29.6 Å². The molecular weight excluding hydrogens is 342 g/mol. The SMILES string of the molecule is C[C@H]1C[C@@H]2[C@@H](CC(=O)N2CCN2CCOCC2)[C@@H]1CNC(=O)CC(C)(C)C. The second-order valence-corrected chi connectivity index (χ2v) is 9.89. The van der Waals surface area contributed by atoms with Gasteiger partial charge in [0.1, 0.15) is 0 Å². The predicted octanol–water partition coefficient (Wildman–Crippen LogP) is 1.74. The summed E-state index contributed by atoms with van der Waals surface area (Å²) in [7, 11) is 0. The van der Waals surface area contributed by atoms with Gasteiger partial charge in [0.15, 0.2) is 0 Å². The van der Waals surface area contributed by atoms with Gasteiger partial charge in [-0.25, -0.2) is 0 Å². The number of nitrogens with one attached hydrogen (secondary N) is 1. The number of hydrogen-bond acceptors (Lipinski definition) is 4. The Morgan fingerprint density at radius 2 is 1.93 bits per heavy atom. The molecule has 2 amide bonds. The van der Waals surface area contributed by atoms with Crippen molar-refractivity contribution in [1.29, 1.82) is 0 Å². The summed E-state index contributed by atoms with van der Waals surface area (Å²) in [5, 5.41) is 3.15. The second-order valence-electron chi connectivity index (χ2n) is 9.89. The van der Waals surface area contributed by atoms with Crippen LogP contribution in [-0.2, 0) is 14.3 Å². The van der Waals surface area contributed by atoms with Crippen molar-refractivity contribution < 1.29 is 14.3 Å². The topological polar surface area (TPSA) is 61.9 Å². The largest absolute Gasteiger partial charge is 0.379 e. The molecule has 3 fully saturated rings. The normalized spacial score (nSPS) is 32.0. The van der Waals surface area contributed by atoms with Gasteiger partial charge in [-0.1, -0.05) is 27.7 Å². The minimum Gasteiger partial charge on any atom is -0.379 e. The lowest BCUT2D eigenvalue weighted by Crippen LogP contribution is -2.44. The molecule has 0 aromatic heterocycles. The molecule has 27 heavy (non-hydrogen) atoms. The summed E-state index contributed by atoms with van der Waals surface area (Å²) in [5.41, 5.74) is 0.00747. The van der Waals surface area contributed by atoms with E-state index >= 15 is 0 Å². The van der Waals surface area contributed by atoms with Crippen LogP contribution in [0.25, 0.3) is 0 Å². The average Bonchev–Trinajstić information content (AvgIpc) is 3.04. The molecule has 0 spiro atoms. The van der Waals surface area contributed by atoms with Crippen molar-refractivity contribution in [1.82, 2.24) is 15.1 Å². The fraction of sp³-hybridized carbons (Fsp3) is 0.905. The van der Waals surface area contributed by atoms with Gasteiger partial charge in [0.2, 0.25) is 11.8 Å². The third-order valence-corrected chi connectivity index (χ3v) is 6.51. The number of rotatable bonds is 6. The van der Waals surface area contributed by atoms with Crippen LogP contribution in [0.1, 0.15) is 47.0 Å². The molecule has 1 N–H and O–H groups in total. The first-order chi connectivity index (χ1) is 12.7. The number of likely N-dealkylation sites (tertiary alicyclic amines) is 1. The van der Waals surface area contributed by atoms with E-state index in [0.717, 1.165) is 45.8 Å². The van der Waals surface area contributed by atoms with Crippen LogP contribution in [0.4, 0.5) is 0 Å². The Labute approximate surface area is 164 Å². The van der Waals surface area contributed by atoms with Crippen LogP contribution in [0.2, 0.25) is 0 Å². The van der Waals surface area contributed by atoms with Gasteiger partial charge in [-0.3, -0.25) is 14.5 Å². The van der Waals surface area contributed by atoms with Crippen LogP contribution in [-0.4, -0.2) is 73.6 Å². The van der Waals surface area contributed by atoms with Crippen LogP contribution in [0.3, 0.4) is 0 Å². The second kappa shape index (κ2) is 8.48. The molecule has 3 aliphatic rings. The van der Waals surface area contributed by atoms with E-state index in [0.29, 0.717) is 49.1 Å². The van der Waals surface area contributed by atoms with Crippen molar-refractivity contribution in [3.05, 3.63) is 0 Å². The Morgan fingerprint density at radius 3 is 2.59 bits per heavy atom. The van der Waals surface area contributed by atoms with Crippen LogP contribution in [0.5, 0.6) is 0 Å². The molecule has 1 aliphatic carbocycles. The highest BCUT2D eigenvalue weighted by molar-refractivity contribution is 5.80. The minimum atomic E-state index is 0.00747. The molecule has 6 nitrogen and oxygen atoms in total. The summed E-state index contributed by atoms with van der Waals surface area (Å²) >= 11 is 0. The van der Waals surface area contributed by atoms with E-state index in [9.17, 15) is 9.59 Å². The monoisotopic (exact) mass is 379 g/mol. The van der Waals surface area contributed by atoms with Crippen molar-refractivity contribution in [2.24, 2.45) is 23.2 Å². The summed E-state index contributed by atoms with van der Waals surface area (Å²) in [5.74, 6) is 1.79. The lowest BCUT2D eigenvalue weighted by Gasteiger charge is -2.31. The van der Waals surface area contributed by atoms with Gasteiger partial charge in [0, 0.05) is 51.6 Å². The molecule has 0 unspecified atom stereocenters. The highest BCUT2D eigenvalue weighted by Crippen LogP contribution is 2.45. The maximum absolute atomic E-state index is 12.6. The molecule has 2 saturated heterocycles. The summed E-state index contributed by atoms with van der Waals surface area (Å²) in [6, 6.07) is 0.359. The first kappa shape index (κ1) is 20.6. The summed E-state index contributed by atoms with van der Waals surface area (Å²) in [6.07, 6.45) is 2.27. The van der Waals surface area contributed by atoms with Crippen LogP contribution < -0.4 is 5.32 Å². The number of amides is 2. The summed E-state index contributed by atoms with van der Waals surface area (Å²) in [6.45, 7) is 14.6. The standard InChI is InChI=1S/C21H37N3O3/c1-15-11-18-16(17(15)14-22-19(25)13-21(2,3)4)12-20(26)24(18)6-5-23-7-9-27-10-8-23/h15-18H,5-14H2,1-4H3,(H,22,25)/t15-,16-,17+,18+/m0/s1. The number of carbonyl (C=O) groups is 2. The smallest absolute Gasteiger partial charge is 0.223 e. The number of hydrogen-bond donors (Lipinski definition) is 1. The molecule has 0 aromatic rings. The molecule has 4 atom stereocenters. The van der Waals surface area contributed by atoms with Crippen molar-refractivity contribution in [3.8, 4) is 0 Å². The van der Waals surface area contributed by atoms with E-state index in [1.807, 2.05) is 0 Å². The first-order valence-corrected chi connectivity index (χ1v) is 10.6. The Kier molecular flexibility index (Phi) is 6.46. The maximum atomic E-state index is 12.6. The molecule has 2 heterocycles. The highest BCUT2D eigenvalue weighted by Gasteiger charge is 2.50.